The van der Waals surface area contributed by atoms with E-state index in [1.54, 1.807) is 24.3 Å². The van der Waals surface area contributed by atoms with Crippen LogP contribution in [0.4, 0.5) is 11.4 Å². The number of ether oxygens (including phenoxy) is 1. The summed E-state index contributed by atoms with van der Waals surface area (Å²) in [5, 5.41) is 26.2. The van der Waals surface area contributed by atoms with E-state index in [1.165, 1.54) is 6.07 Å². The molecular formula is C19H22N2O4. The molecule has 25 heavy (non-hydrogen) atoms. The third kappa shape index (κ3) is 6.35. The van der Waals surface area contributed by atoms with E-state index in [-0.39, 0.29) is 17.9 Å². The van der Waals surface area contributed by atoms with Crippen LogP contribution in [0.15, 0.2) is 58.8 Å². The van der Waals surface area contributed by atoms with E-state index in [9.17, 15) is 9.90 Å². The minimum atomic E-state index is -1.06. The highest BCUT2D eigenvalue weighted by Gasteiger charge is 2.11. The second-order valence-corrected chi connectivity index (χ2v) is 5.51. The molecule has 0 aromatic heterocycles. The van der Waals surface area contributed by atoms with Crippen molar-refractivity contribution in [1.82, 2.24) is 0 Å². The monoisotopic (exact) mass is 342 g/mol. The van der Waals surface area contributed by atoms with Crippen LogP contribution < -0.4 is 4.74 Å². The van der Waals surface area contributed by atoms with Crippen molar-refractivity contribution in [1.29, 1.82) is 0 Å². The molecule has 2 N–H and O–H groups in total. The Bertz CT molecular complexity index is 702. The Labute approximate surface area is 146 Å². The molecule has 0 spiro atoms. The highest BCUT2D eigenvalue weighted by Crippen LogP contribution is 2.27. The number of carbonyl (C=O) groups is 1. The number of hydrogen-bond donors (Lipinski definition) is 2. The van der Waals surface area contributed by atoms with E-state index in [1.807, 2.05) is 18.2 Å². The predicted octanol–water partition coefficient (Wildman–Crippen LogP) is 4.73. The SMILES string of the molecule is O=C(O)c1ccc(OCCCCCCO)cc1N=Nc1ccccc1. The fourth-order valence-electron chi connectivity index (χ4n) is 2.23. The maximum Gasteiger partial charge on any atom is 0.337 e. The molecule has 0 atom stereocenters. The number of carboxylic acids is 1. The average Bonchev–Trinajstić information content (AvgIpc) is 2.63. The van der Waals surface area contributed by atoms with Gasteiger partial charge >= 0.3 is 5.97 Å². The van der Waals surface area contributed by atoms with Gasteiger partial charge in [-0.1, -0.05) is 24.6 Å². The zero-order valence-corrected chi connectivity index (χ0v) is 14.0. The van der Waals surface area contributed by atoms with E-state index < -0.39 is 5.97 Å². The summed E-state index contributed by atoms with van der Waals surface area (Å²) in [7, 11) is 0. The van der Waals surface area contributed by atoms with Gasteiger partial charge in [-0.25, -0.2) is 4.79 Å². The van der Waals surface area contributed by atoms with Crippen LogP contribution in [0.2, 0.25) is 0 Å². The summed E-state index contributed by atoms with van der Waals surface area (Å²) in [6.07, 6.45) is 3.63. The number of benzene rings is 2. The Morgan fingerprint density at radius 3 is 2.44 bits per heavy atom. The summed E-state index contributed by atoms with van der Waals surface area (Å²) >= 11 is 0. The van der Waals surface area contributed by atoms with Crippen molar-refractivity contribution in [2.75, 3.05) is 13.2 Å². The number of aromatic carboxylic acids is 1. The molecule has 2 aromatic rings. The number of carboxylic acid groups (broad SMARTS) is 1. The van der Waals surface area contributed by atoms with E-state index in [0.29, 0.717) is 18.0 Å². The topological polar surface area (TPSA) is 91.5 Å². The first-order chi connectivity index (χ1) is 12.2. The van der Waals surface area contributed by atoms with Crippen molar-refractivity contribution < 1.29 is 19.7 Å². The molecule has 0 aliphatic carbocycles. The zero-order chi connectivity index (χ0) is 17.9. The average molecular weight is 342 g/mol. The third-order valence-corrected chi connectivity index (χ3v) is 3.55. The molecule has 0 aliphatic heterocycles. The molecule has 0 saturated heterocycles. The van der Waals surface area contributed by atoms with Crippen LogP contribution in [0, 0.1) is 0 Å². The molecule has 132 valence electrons. The van der Waals surface area contributed by atoms with Crippen LogP contribution in [-0.2, 0) is 0 Å². The lowest BCUT2D eigenvalue weighted by Gasteiger charge is -2.08. The Balaban J connectivity index is 2.03. The van der Waals surface area contributed by atoms with Crippen molar-refractivity contribution in [3.05, 3.63) is 54.1 Å². The van der Waals surface area contributed by atoms with Crippen LogP contribution in [0.1, 0.15) is 36.0 Å². The first-order valence-corrected chi connectivity index (χ1v) is 8.28. The predicted molar refractivity (Wildman–Crippen MR) is 95.1 cm³/mol. The van der Waals surface area contributed by atoms with E-state index >= 15 is 0 Å². The number of hydrogen-bond acceptors (Lipinski definition) is 5. The summed E-state index contributed by atoms with van der Waals surface area (Å²) in [6.45, 7) is 0.750. The van der Waals surface area contributed by atoms with Gasteiger partial charge in [-0.05, 0) is 43.5 Å². The second kappa shape index (κ2) is 10.2. The van der Waals surface area contributed by atoms with Crippen LogP contribution >= 0.6 is 0 Å². The number of aliphatic hydroxyl groups excluding tert-OH is 1. The molecule has 2 aromatic carbocycles. The number of aliphatic hydroxyl groups is 1. The Kier molecular flexibility index (Phi) is 7.59. The van der Waals surface area contributed by atoms with Gasteiger partial charge < -0.3 is 14.9 Å². The molecule has 0 saturated carbocycles. The molecule has 0 aliphatic rings. The summed E-state index contributed by atoms with van der Waals surface area (Å²) in [5.41, 5.74) is 0.984. The Morgan fingerprint density at radius 2 is 1.72 bits per heavy atom. The second-order valence-electron chi connectivity index (χ2n) is 5.51. The first kappa shape index (κ1) is 18.6. The van der Waals surface area contributed by atoms with Gasteiger partial charge in [0.1, 0.15) is 11.4 Å². The smallest absolute Gasteiger partial charge is 0.337 e. The van der Waals surface area contributed by atoms with Crippen LogP contribution in [0.5, 0.6) is 5.75 Å². The number of nitrogens with zero attached hydrogens (tertiary/aromatic N) is 2. The quantitative estimate of drug-likeness (QED) is 0.482. The Morgan fingerprint density at radius 1 is 0.960 bits per heavy atom. The maximum absolute atomic E-state index is 11.3. The molecule has 0 bridgehead atoms. The lowest BCUT2D eigenvalue weighted by molar-refractivity contribution is 0.0697. The molecule has 2 rings (SSSR count). The van der Waals surface area contributed by atoms with Crippen molar-refractivity contribution in [3.8, 4) is 5.75 Å². The molecule has 0 unspecified atom stereocenters. The van der Waals surface area contributed by atoms with E-state index in [0.717, 1.165) is 25.7 Å². The fourth-order valence-corrected chi connectivity index (χ4v) is 2.23. The van der Waals surface area contributed by atoms with Gasteiger partial charge in [0.2, 0.25) is 0 Å². The lowest BCUT2D eigenvalue weighted by Crippen LogP contribution is -2.00. The first-order valence-electron chi connectivity index (χ1n) is 8.28. The van der Waals surface area contributed by atoms with Gasteiger partial charge in [-0.15, -0.1) is 5.11 Å². The van der Waals surface area contributed by atoms with Gasteiger partial charge in [0.05, 0.1) is 17.9 Å². The number of rotatable bonds is 10. The summed E-state index contributed by atoms with van der Waals surface area (Å²) in [4.78, 5) is 11.3. The Hall–Kier alpha value is -2.73. The van der Waals surface area contributed by atoms with Crippen molar-refractivity contribution in [2.45, 2.75) is 25.7 Å². The van der Waals surface area contributed by atoms with E-state index in [4.69, 9.17) is 9.84 Å². The standard InChI is InChI=1S/C19H22N2O4/c22-12-6-1-2-7-13-25-16-10-11-17(19(23)24)18(14-16)21-20-15-8-4-3-5-9-15/h3-5,8-11,14,22H,1-2,6-7,12-13H2,(H,23,24). The largest absolute Gasteiger partial charge is 0.494 e. The zero-order valence-electron chi connectivity index (χ0n) is 14.0. The summed E-state index contributed by atoms with van der Waals surface area (Å²) in [5.74, 6) is -0.494. The van der Waals surface area contributed by atoms with Crippen molar-refractivity contribution in [3.63, 3.8) is 0 Å². The molecule has 0 heterocycles. The normalized spacial score (nSPS) is 10.9. The molecule has 0 fully saturated rings. The van der Waals surface area contributed by atoms with Crippen LogP contribution in [0.25, 0.3) is 0 Å². The van der Waals surface area contributed by atoms with Crippen molar-refractivity contribution >= 4 is 17.3 Å². The molecule has 6 nitrogen and oxygen atoms in total. The van der Waals surface area contributed by atoms with E-state index in [2.05, 4.69) is 10.2 Å². The van der Waals surface area contributed by atoms with Crippen LogP contribution in [-0.4, -0.2) is 29.4 Å². The number of azo groups is 1. The van der Waals surface area contributed by atoms with Gasteiger partial charge in [-0.3, -0.25) is 0 Å². The molecule has 6 heteroatoms. The lowest BCUT2D eigenvalue weighted by atomic mass is 10.1. The molecular weight excluding hydrogens is 320 g/mol. The van der Waals surface area contributed by atoms with Crippen LogP contribution in [0.3, 0.4) is 0 Å². The van der Waals surface area contributed by atoms with Gasteiger partial charge in [0.25, 0.3) is 0 Å². The molecule has 0 amide bonds. The summed E-state index contributed by atoms with van der Waals surface area (Å²) < 4.78 is 5.66. The molecule has 0 radical (unpaired) electrons. The highest BCUT2D eigenvalue weighted by atomic mass is 16.5. The van der Waals surface area contributed by atoms with Crippen molar-refractivity contribution in [2.24, 2.45) is 10.2 Å². The minimum absolute atomic E-state index is 0.0787. The third-order valence-electron chi connectivity index (χ3n) is 3.55. The fraction of sp³-hybridized carbons (Fsp3) is 0.316. The van der Waals surface area contributed by atoms with Gasteiger partial charge in [0, 0.05) is 12.7 Å². The number of unbranched alkanes of at least 4 members (excludes halogenated alkanes) is 3. The summed E-state index contributed by atoms with van der Waals surface area (Å²) in [6, 6.07) is 13.8. The highest BCUT2D eigenvalue weighted by molar-refractivity contribution is 5.93. The minimum Gasteiger partial charge on any atom is -0.494 e. The van der Waals surface area contributed by atoms with Gasteiger partial charge in [0.15, 0.2) is 0 Å². The maximum atomic E-state index is 11.3. The van der Waals surface area contributed by atoms with Gasteiger partial charge in [-0.2, -0.15) is 5.11 Å².